The Morgan fingerprint density at radius 1 is 0.900 bits per heavy atom. The minimum Gasteiger partial charge on any atom is -0.480 e. The highest BCUT2D eigenvalue weighted by Crippen LogP contribution is 2.57. The molecule has 4 fully saturated rings. The molecule has 212 valence electrons. The second-order valence-electron chi connectivity index (χ2n) is 11.5. The average molecular weight is 554 g/mol. The molecule has 2 amide bonds. The van der Waals surface area contributed by atoms with Crippen LogP contribution in [-0.4, -0.2) is 45.7 Å². The SMILES string of the molecule is O=C(N[C@@H](Cc1ccc([N+](=O)[O-])cc1)C(=O)N[C@@H](Cc1ccc(F)cc1)C(=O)O)OC12CC3CC(CC(C3)C1)C2. The van der Waals surface area contributed by atoms with Crippen LogP contribution in [0.2, 0.25) is 0 Å². The van der Waals surface area contributed by atoms with Crippen molar-refractivity contribution < 1.29 is 33.5 Å². The predicted octanol–water partition coefficient (Wildman–Crippen LogP) is 4.15. The van der Waals surface area contributed by atoms with Crippen molar-refractivity contribution in [2.24, 2.45) is 17.8 Å². The standard InChI is InChI=1S/C29H32FN3O7/c30-22-5-1-17(2-6-22)13-25(27(35)36)31-26(34)24(12-18-3-7-23(8-4-18)33(38)39)32-28(37)40-29-14-19-9-20(15-29)11-21(10-19)16-29/h1-8,19-21,24-25H,9-16H2,(H,31,34)(H,32,37)(H,35,36)/t19?,20?,21?,24-,25-,29?/m0/s1. The molecule has 0 saturated heterocycles. The largest absolute Gasteiger partial charge is 0.480 e. The van der Waals surface area contributed by atoms with E-state index >= 15 is 0 Å². The fraction of sp³-hybridized carbons (Fsp3) is 0.483. The molecular formula is C29H32FN3O7. The van der Waals surface area contributed by atoms with Crippen molar-refractivity contribution in [3.05, 3.63) is 75.6 Å². The summed E-state index contributed by atoms with van der Waals surface area (Å²) in [4.78, 5) is 49.0. The van der Waals surface area contributed by atoms with Crippen molar-refractivity contribution in [3.63, 3.8) is 0 Å². The molecule has 0 aromatic heterocycles. The van der Waals surface area contributed by atoms with E-state index in [0.29, 0.717) is 28.9 Å². The maximum absolute atomic E-state index is 13.4. The zero-order valence-electron chi connectivity index (χ0n) is 21.9. The number of halogens is 1. The number of aliphatic carboxylic acids is 1. The molecule has 0 unspecified atom stereocenters. The first kappa shape index (κ1) is 27.5. The van der Waals surface area contributed by atoms with Crippen molar-refractivity contribution in [1.82, 2.24) is 10.6 Å². The lowest BCUT2D eigenvalue weighted by atomic mass is 9.54. The fourth-order valence-electron chi connectivity index (χ4n) is 7.05. The number of nitro groups is 1. The number of carboxylic acids is 1. The number of rotatable bonds is 10. The minimum absolute atomic E-state index is 0.0390. The van der Waals surface area contributed by atoms with E-state index in [-0.39, 0.29) is 18.5 Å². The van der Waals surface area contributed by atoms with Crippen LogP contribution in [0, 0.1) is 33.7 Å². The van der Waals surface area contributed by atoms with Crippen molar-refractivity contribution in [1.29, 1.82) is 0 Å². The smallest absolute Gasteiger partial charge is 0.408 e. The molecule has 4 bridgehead atoms. The van der Waals surface area contributed by atoms with E-state index in [0.717, 1.165) is 19.3 Å². The summed E-state index contributed by atoms with van der Waals surface area (Å²) < 4.78 is 19.3. The monoisotopic (exact) mass is 553 g/mol. The van der Waals surface area contributed by atoms with Crippen LogP contribution in [0.25, 0.3) is 0 Å². The summed E-state index contributed by atoms with van der Waals surface area (Å²) in [5, 5.41) is 25.9. The van der Waals surface area contributed by atoms with Crippen LogP contribution >= 0.6 is 0 Å². The van der Waals surface area contributed by atoms with Crippen molar-refractivity contribution in [2.45, 2.75) is 69.1 Å². The van der Waals surface area contributed by atoms with Gasteiger partial charge in [0, 0.05) is 25.0 Å². The molecule has 10 nitrogen and oxygen atoms in total. The van der Waals surface area contributed by atoms with Gasteiger partial charge in [0.15, 0.2) is 0 Å². The van der Waals surface area contributed by atoms with E-state index in [9.17, 15) is 34.0 Å². The highest BCUT2D eigenvalue weighted by Gasteiger charge is 2.53. The Balaban J connectivity index is 1.30. The summed E-state index contributed by atoms with van der Waals surface area (Å²) >= 11 is 0. The van der Waals surface area contributed by atoms with E-state index in [1.54, 1.807) is 0 Å². The first-order valence-electron chi connectivity index (χ1n) is 13.6. The highest BCUT2D eigenvalue weighted by atomic mass is 19.1. The Labute approximate surface area is 230 Å². The Hall–Kier alpha value is -4.02. The summed E-state index contributed by atoms with van der Waals surface area (Å²) in [5.41, 5.74) is 0.380. The summed E-state index contributed by atoms with van der Waals surface area (Å²) in [5.74, 6) is -0.870. The number of carbonyl (C=O) groups excluding carboxylic acids is 2. The Morgan fingerprint density at radius 2 is 1.40 bits per heavy atom. The molecule has 4 saturated carbocycles. The van der Waals surface area contributed by atoms with Gasteiger partial charge in [-0.15, -0.1) is 0 Å². The second kappa shape index (κ2) is 11.2. The van der Waals surface area contributed by atoms with E-state index in [4.69, 9.17) is 4.74 Å². The number of alkyl carbamates (subject to hydrolysis) is 1. The highest BCUT2D eigenvalue weighted by molar-refractivity contribution is 5.89. The molecule has 2 atom stereocenters. The number of carbonyl (C=O) groups is 3. The Bertz CT molecular complexity index is 1250. The van der Waals surface area contributed by atoms with Crippen molar-refractivity contribution >= 4 is 23.7 Å². The van der Waals surface area contributed by atoms with Crippen molar-refractivity contribution in [3.8, 4) is 0 Å². The second-order valence-corrected chi connectivity index (χ2v) is 11.5. The number of hydrogen-bond donors (Lipinski definition) is 3. The number of carboxylic acid groups (broad SMARTS) is 1. The van der Waals surface area contributed by atoms with Gasteiger partial charge in [0.25, 0.3) is 5.69 Å². The molecule has 4 aliphatic rings. The van der Waals surface area contributed by atoms with Gasteiger partial charge >= 0.3 is 12.1 Å². The Kier molecular flexibility index (Phi) is 7.73. The lowest BCUT2D eigenvalue weighted by Crippen LogP contribution is -2.56. The molecule has 0 aliphatic heterocycles. The van der Waals surface area contributed by atoms with Gasteiger partial charge in [0.1, 0.15) is 23.5 Å². The van der Waals surface area contributed by atoms with Crippen LogP contribution in [0.4, 0.5) is 14.9 Å². The number of nitrogens with one attached hydrogen (secondary N) is 2. The predicted molar refractivity (Wildman–Crippen MR) is 141 cm³/mol. The summed E-state index contributed by atoms with van der Waals surface area (Å²) in [6.45, 7) is 0. The van der Waals surface area contributed by atoms with Crippen LogP contribution < -0.4 is 10.6 Å². The number of nitro benzene ring substituents is 1. The molecule has 0 radical (unpaired) electrons. The molecule has 0 heterocycles. The molecule has 4 aliphatic carbocycles. The molecule has 6 rings (SSSR count). The molecule has 0 spiro atoms. The van der Waals surface area contributed by atoms with Gasteiger partial charge in [0.2, 0.25) is 5.91 Å². The van der Waals surface area contributed by atoms with Crippen LogP contribution in [0.3, 0.4) is 0 Å². The van der Waals surface area contributed by atoms with Crippen molar-refractivity contribution in [2.75, 3.05) is 0 Å². The first-order valence-corrected chi connectivity index (χ1v) is 13.6. The lowest BCUT2D eigenvalue weighted by molar-refractivity contribution is -0.384. The minimum atomic E-state index is -1.33. The van der Waals surface area contributed by atoms with Gasteiger partial charge in [-0.3, -0.25) is 14.9 Å². The third kappa shape index (κ3) is 6.40. The normalized spacial score (nSPS) is 26.0. The zero-order valence-corrected chi connectivity index (χ0v) is 21.9. The quantitative estimate of drug-likeness (QED) is 0.296. The van der Waals surface area contributed by atoms with Crippen LogP contribution in [0.15, 0.2) is 48.5 Å². The molecule has 11 heteroatoms. The van der Waals surface area contributed by atoms with Gasteiger partial charge in [-0.1, -0.05) is 24.3 Å². The van der Waals surface area contributed by atoms with E-state index in [1.165, 1.54) is 67.8 Å². The number of ether oxygens (including phenoxy) is 1. The molecule has 3 N–H and O–H groups in total. The number of hydrogen-bond acceptors (Lipinski definition) is 6. The third-order valence-corrected chi connectivity index (χ3v) is 8.45. The Morgan fingerprint density at radius 3 is 1.90 bits per heavy atom. The molecular weight excluding hydrogens is 521 g/mol. The molecule has 2 aromatic carbocycles. The summed E-state index contributed by atoms with van der Waals surface area (Å²) in [6, 6.07) is 8.32. The van der Waals surface area contributed by atoms with E-state index in [1.807, 2.05) is 0 Å². The average Bonchev–Trinajstić information content (AvgIpc) is 2.88. The van der Waals surface area contributed by atoms with Crippen LogP contribution in [0.5, 0.6) is 0 Å². The maximum atomic E-state index is 13.4. The summed E-state index contributed by atoms with van der Waals surface area (Å²) in [7, 11) is 0. The van der Waals surface area contributed by atoms with Gasteiger partial charge in [-0.2, -0.15) is 0 Å². The van der Waals surface area contributed by atoms with E-state index in [2.05, 4.69) is 10.6 Å². The van der Waals surface area contributed by atoms with Gasteiger partial charge in [-0.05, 0) is 79.5 Å². The number of benzene rings is 2. The lowest BCUT2D eigenvalue weighted by Gasteiger charge is -2.55. The van der Waals surface area contributed by atoms with E-state index < -0.39 is 46.4 Å². The van der Waals surface area contributed by atoms with Crippen LogP contribution in [-0.2, 0) is 27.2 Å². The van der Waals surface area contributed by atoms with Gasteiger partial charge in [-0.25, -0.2) is 14.0 Å². The number of nitrogens with zero attached hydrogens (tertiary/aromatic N) is 1. The summed E-state index contributed by atoms with van der Waals surface area (Å²) in [6.07, 6.45) is 5.06. The number of non-ortho nitro benzene ring substituents is 1. The topological polar surface area (TPSA) is 148 Å². The fourth-order valence-corrected chi connectivity index (χ4v) is 7.05. The maximum Gasteiger partial charge on any atom is 0.408 e. The zero-order chi connectivity index (χ0) is 28.4. The van der Waals surface area contributed by atoms with Crippen LogP contribution in [0.1, 0.15) is 49.7 Å². The van der Waals surface area contributed by atoms with Gasteiger partial charge in [0.05, 0.1) is 4.92 Å². The first-order chi connectivity index (χ1) is 19.1. The van der Waals surface area contributed by atoms with Gasteiger partial charge < -0.3 is 20.5 Å². The molecule has 2 aromatic rings. The molecule has 40 heavy (non-hydrogen) atoms. The third-order valence-electron chi connectivity index (χ3n) is 8.45. The number of amides is 2.